The summed E-state index contributed by atoms with van der Waals surface area (Å²) in [6.07, 6.45) is 0.960. The van der Waals surface area contributed by atoms with Gasteiger partial charge in [0.1, 0.15) is 5.82 Å². The first-order valence-electron chi connectivity index (χ1n) is 10.7. The van der Waals surface area contributed by atoms with Crippen molar-refractivity contribution in [1.82, 2.24) is 14.1 Å². The van der Waals surface area contributed by atoms with Crippen LogP contribution in [0.25, 0.3) is 0 Å². The van der Waals surface area contributed by atoms with Gasteiger partial charge in [-0.3, -0.25) is 9.59 Å². The third kappa shape index (κ3) is 4.54. The Balaban J connectivity index is 1.36. The second kappa shape index (κ2) is 8.99. The number of rotatable bonds is 5. The molecular weight excluding hydrogens is 433 g/mol. The van der Waals surface area contributed by atoms with E-state index in [9.17, 15) is 22.4 Å². The van der Waals surface area contributed by atoms with Crippen LogP contribution in [0.1, 0.15) is 24.0 Å². The SMILES string of the molecule is Cc1ccc(S(=O)(=O)N2CCC(N3CCN(Cc4cccc(F)c4)C(=O)C3=O)CC2)cc1. The van der Waals surface area contributed by atoms with Crippen molar-refractivity contribution < 1.29 is 22.4 Å². The normalized spacial score (nSPS) is 18.9. The highest BCUT2D eigenvalue weighted by Crippen LogP contribution is 2.25. The van der Waals surface area contributed by atoms with E-state index in [0.29, 0.717) is 44.6 Å². The van der Waals surface area contributed by atoms with Gasteiger partial charge in [-0.1, -0.05) is 29.8 Å². The van der Waals surface area contributed by atoms with Crippen molar-refractivity contribution in [3.8, 4) is 0 Å². The minimum atomic E-state index is -3.58. The van der Waals surface area contributed by atoms with Gasteiger partial charge in [-0.25, -0.2) is 12.8 Å². The summed E-state index contributed by atoms with van der Waals surface area (Å²) in [5.41, 5.74) is 1.62. The number of piperidine rings is 1. The summed E-state index contributed by atoms with van der Waals surface area (Å²) in [5, 5.41) is 0. The number of hydrogen-bond donors (Lipinski definition) is 0. The van der Waals surface area contributed by atoms with Gasteiger partial charge in [-0.05, 0) is 49.6 Å². The zero-order chi connectivity index (χ0) is 22.9. The third-order valence-corrected chi connectivity index (χ3v) is 8.04. The Kier molecular flexibility index (Phi) is 6.30. The predicted molar refractivity (Wildman–Crippen MR) is 116 cm³/mol. The van der Waals surface area contributed by atoms with E-state index in [-0.39, 0.29) is 23.3 Å². The molecule has 2 aliphatic heterocycles. The minimum Gasteiger partial charge on any atom is -0.330 e. The number of sulfonamides is 1. The van der Waals surface area contributed by atoms with Crippen LogP contribution in [0.4, 0.5) is 4.39 Å². The van der Waals surface area contributed by atoms with Gasteiger partial charge in [0.05, 0.1) is 4.90 Å². The number of amides is 2. The average Bonchev–Trinajstić information content (AvgIpc) is 2.78. The molecule has 0 saturated carbocycles. The highest BCUT2D eigenvalue weighted by Gasteiger charge is 2.39. The summed E-state index contributed by atoms with van der Waals surface area (Å²) in [4.78, 5) is 28.7. The highest BCUT2D eigenvalue weighted by atomic mass is 32.2. The maximum Gasteiger partial charge on any atom is 0.312 e. The van der Waals surface area contributed by atoms with Crippen LogP contribution in [0.5, 0.6) is 0 Å². The maximum absolute atomic E-state index is 13.4. The molecule has 2 aromatic rings. The number of aryl methyl sites for hydroxylation is 1. The summed E-state index contributed by atoms with van der Waals surface area (Å²) < 4.78 is 40.7. The number of piperazine rings is 1. The molecule has 0 aliphatic carbocycles. The molecule has 0 N–H and O–H groups in total. The van der Waals surface area contributed by atoms with E-state index in [0.717, 1.165) is 5.56 Å². The maximum atomic E-state index is 13.4. The van der Waals surface area contributed by atoms with Gasteiger partial charge in [0, 0.05) is 38.8 Å². The molecule has 2 aliphatic rings. The molecule has 2 amide bonds. The fourth-order valence-corrected chi connectivity index (χ4v) is 5.77. The fourth-order valence-electron chi connectivity index (χ4n) is 4.30. The number of hydrogen-bond acceptors (Lipinski definition) is 4. The van der Waals surface area contributed by atoms with Crippen molar-refractivity contribution in [3.05, 3.63) is 65.5 Å². The van der Waals surface area contributed by atoms with E-state index in [1.165, 1.54) is 21.3 Å². The van der Waals surface area contributed by atoms with Crippen LogP contribution in [0.3, 0.4) is 0 Å². The van der Waals surface area contributed by atoms with Crippen molar-refractivity contribution in [2.45, 2.75) is 37.2 Å². The zero-order valence-electron chi connectivity index (χ0n) is 17.9. The van der Waals surface area contributed by atoms with Gasteiger partial charge in [-0.2, -0.15) is 4.31 Å². The largest absolute Gasteiger partial charge is 0.330 e. The highest BCUT2D eigenvalue weighted by molar-refractivity contribution is 7.89. The first kappa shape index (κ1) is 22.4. The van der Waals surface area contributed by atoms with Crippen LogP contribution in [0.15, 0.2) is 53.4 Å². The van der Waals surface area contributed by atoms with Gasteiger partial charge < -0.3 is 9.80 Å². The quantitative estimate of drug-likeness (QED) is 0.642. The number of benzene rings is 2. The fraction of sp³-hybridized carbons (Fsp3) is 0.391. The molecule has 0 unspecified atom stereocenters. The molecule has 0 bridgehead atoms. The van der Waals surface area contributed by atoms with Crippen molar-refractivity contribution in [1.29, 1.82) is 0 Å². The van der Waals surface area contributed by atoms with Gasteiger partial charge in [0.15, 0.2) is 0 Å². The smallest absolute Gasteiger partial charge is 0.312 e. The number of carbonyl (C=O) groups excluding carboxylic acids is 2. The van der Waals surface area contributed by atoms with Gasteiger partial charge in [-0.15, -0.1) is 0 Å². The standard InChI is InChI=1S/C23H26FN3O4S/c1-17-5-7-21(8-6-17)32(30,31)26-11-9-20(10-12-26)27-14-13-25(22(28)23(27)29)16-18-3-2-4-19(24)15-18/h2-8,15,20H,9-14,16H2,1H3. The van der Waals surface area contributed by atoms with Crippen LogP contribution < -0.4 is 0 Å². The Bertz CT molecular complexity index is 1110. The second-order valence-corrected chi connectivity index (χ2v) is 10.2. The molecule has 0 aromatic heterocycles. The predicted octanol–water partition coefficient (Wildman–Crippen LogP) is 2.16. The van der Waals surface area contributed by atoms with Crippen molar-refractivity contribution in [2.24, 2.45) is 0 Å². The van der Waals surface area contributed by atoms with Crippen molar-refractivity contribution in [2.75, 3.05) is 26.2 Å². The van der Waals surface area contributed by atoms with E-state index in [4.69, 9.17) is 0 Å². The molecule has 2 heterocycles. The molecule has 2 saturated heterocycles. The lowest BCUT2D eigenvalue weighted by Gasteiger charge is -2.41. The first-order chi connectivity index (χ1) is 15.3. The number of halogens is 1. The van der Waals surface area contributed by atoms with Gasteiger partial charge >= 0.3 is 11.8 Å². The molecule has 9 heteroatoms. The summed E-state index contributed by atoms with van der Waals surface area (Å²) in [7, 11) is -3.58. The van der Waals surface area contributed by atoms with E-state index >= 15 is 0 Å². The monoisotopic (exact) mass is 459 g/mol. The molecule has 0 atom stereocenters. The van der Waals surface area contributed by atoms with E-state index in [1.54, 1.807) is 41.3 Å². The van der Waals surface area contributed by atoms with Crippen LogP contribution in [-0.4, -0.2) is 66.6 Å². The lowest BCUT2D eigenvalue weighted by Crippen LogP contribution is -2.58. The number of carbonyl (C=O) groups is 2. The van der Waals surface area contributed by atoms with Gasteiger partial charge in [0.2, 0.25) is 10.0 Å². The molecule has 170 valence electrons. The van der Waals surface area contributed by atoms with Crippen molar-refractivity contribution >= 4 is 21.8 Å². The number of nitrogens with zero attached hydrogens (tertiary/aromatic N) is 3. The Labute approximate surface area is 187 Å². The Morgan fingerprint density at radius 3 is 2.28 bits per heavy atom. The minimum absolute atomic E-state index is 0.174. The zero-order valence-corrected chi connectivity index (χ0v) is 18.7. The van der Waals surface area contributed by atoms with E-state index in [2.05, 4.69) is 0 Å². The van der Waals surface area contributed by atoms with Crippen LogP contribution in [-0.2, 0) is 26.2 Å². The molecule has 0 radical (unpaired) electrons. The topological polar surface area (TPSA) is 78.0 Å². The lowest BCUT2D eigenvalue weighted by atomic mass is 10.0. The van der Waals surface area contributed by atoms with Crippen molar-refractivity contribution in [3.63, 3.8) is 0 Å². The first-order valence-corrected chi connectivity index (χ1v) is 12.1. The molecule has 2 aromatic carbocycles. The Hall–Kier alpha value is -2.78. The molecule has 4 rings (SSSR count). The molecule has 7 nitrogen and oxygen atoms in total. The summed E-state index contributed by atoms with van der Waals surface area (Å²) in [5.74, 6) is -1.56. The van der Waals surface area contributed by atoms with Crippen LogP contribution in [0, 0.1) is 12.7 Å². The van der Waals surface area contributed by atoms with Crippen LogP contribution >= 0.6 is 0 Å². The van der Waals surface area contributed by atoms with Crippen LogP contribution in [0.2, 0.25) is 0 Å². The van der Waals surface area contributed by atoms with Gasteiger partial charge in [0.25, 0.3) is 0 Å². The summed E-state index contributed by atoms with van der Waals surface area (Å²) in [6.45, 7) is 3.43. The summed E-state index contributed by atoms with van der Waals surface area (Å²) in [6, 6.07) is 12.6. The molecule has 0 spiro atoms. The Morgan fingerprint density at radius 1 is 0.938 bits per heavy atom. The summed E-state index contributed by atoms with van der Waals surface area (Å²) >= 11 is 0. The lowest BCUT2D eigenvalue weighted by molar-refractivity contribution is -0.158. The second-order valence-electron chi connectivity index (χ2n) is 8.30. The average molecular weight is 460 g/mol. The van der Waals surface area contributed by atoms with E-state index in [1.807, 2.05) is 6.92 Å². The molecular formula is C23H26FN3O4S. The molecule has 2 fully saturated rings. The molecule has 32 heavy (non-hydrogen) atoms. The van der Waals surface area contributed by atoms with E-state index < -0.39 is 21.8 Å². The Morgan fingerprint density at radius 2 is 1.62 bits per heavy atom. The third-order valence-electron chi connectivity index (χ3n) is 6.13.